The van der Waals surface area contributed by atoms with Crippen molar-refractivity contribution in [1.82, 2.24) is 0 Å². The summed E-state index contributed by atoms with van der Waals surface area (Å²) in [6, 6.07) is 5.19. The number of hydrogen-bond acceptors (Lipinski definition) is 1. The summed E-state index contributed by atoms with van der Waals surface area (Å²) >= 11 is 11.6. The third-order valence-corrected chi connectivity index (χ3v) is 2.91. The number of rotatable bonds is 4. The zero-order valence-corrected chi connectivity index (χ0v) is 10.1. The lowest BCUT2D eigenvalue weighted by atomic mass is 10.0. The van der Waals surface area contributed by atoms with Gasteiger partial charge in [0.05, 0.1) is 16.1 Å². The molecule has 1 N–H and O–H groups in total. The number of halogens is 2. The normalized spacial score (nSPS) is 12.5. The molecule has 0 fully saturated rings. The maximum Gasteiger partial charge on any atom is 0.0793 e. The Morgan fingerprint density at radius 1 is 1.40 bits per heavy atom. The molecule has 1 rings (SSSR count). The Bertz CT molecular complexity index is 361. The summed E-state index contributed by atoms with van der Waals surface area (Å²) in [5.41, 5.74) is 1.86. The van der Waals surface area contributed by atoms with Crippen LogP contribution in [0.25, 0.3) is 0 Å². The van der Waals surface area contributed by atoms with Crippen LogP contribution < -0.4 is 0 Å². The van der Waals surface area contributed by atoms with E-state index in [9.17, 15) is 5.11 Å². The standard InChI is InChI=1S/C12H14Cl2O/c1-8(2)3-6-12(15)9-4-5-10(13)11(14)7-9/h4-5,7,12,15H,1,3,6H2,2H3. The lowest BCUT2D eigenvalue weighted by Crippen LogP contribution is -1.97. The first-order valence-corrected chi connectivity index (χ1v) is 5.53. The van der Waals surface area contributed by atoms with Crippen LogP contribution in [-0.2, 0) is 0 Å². The molecule has 0 heterocycles. The van der Waals surface area contributed by atoms with E-state index < -0.39 is 6.10 Å². The lowest BCUT2D eigenvalue weighted by Gasteiger charge is -2.11. The van der Waals surface area contributed by atoms with Gasteiger partial charge in [-0.05, 0) is 37.5 Å². The van der Waals surface area contributed by atoms with Crippen LogP contribution >= 0.6 is 23.2 Å². The summed E-state index contributed by atoms with van der Waals surface area (Å²) in [7, 11) is 0. The van der Waals surface area contributed by atoms with E-state index in [0.717, 1.165) is 17.6 Å². The fourth-order valence-corrected chi connectivity index (χ4v) is 1.58. The van der Waals surface area contributed by atoms with Crippen molar-refractivity contribution < 1.29 is 5.11 Å². The molecule has 0 spiro atoms. The van der Waals surface area contributed by atoms with Gasteiger partial charge < -0.3 is 5.11 Å². The van der Waals surface area contributed by atoms with Crippen LogP contribution in [0.3, 0.4) is 0 Å². The lowest BCUT2D eigenvalue weighted by molar-refractivity contribution is 0.168. The van der Waals surface area contributed by atoms with Crippen molar-refractivity contribution in [2.75, 3.05) is 0 Å². The first-order valence-electron chi connectivity index (χ1n) is 4.78. The van der Waals surface area contributed by atoms with Gasteiger partial charge in [0.25, 0.3) is 0 Å². The Hall–Kier alpha value is -0.500. The molecular weight excluding hydrogens is 231 g/mol. The smallest absolute Gasteiger partial charge is 0.0793 e. The molecule has 0 radical (unpaired) electrons. The summed E-state index contributed by atoms with van der Waals surface area (Å²) in [5.74, 6) is 0. The summed E-state index contributed by atoms with van der Waals surface area (Å²) in [4.78, 5) is 0. The van der Waals surface area contributed by atoms with E-state index in [-0.39, 0.29) is 0 Å². The molecule has 0 bridgehead atoms. The SMILES string of the molecule is C=C(C)CCC(O)c1ccc(Cl)c(Cl)c1. The number of hydrogen-bond donors (Lipinski definition) is 1. The third kappa shape index (κ3) is 3.86. The Morgan fingerprint density at radius 2 is 2.07 bits per heavy atom. The molecular formula is C12H14Cl2O. The molecule has 3 heteroatoms. The molecule has 0 aliphatic rings. The number of benzene rings is 1. The monoisotopic (exact) mass is 244 g/mol. The van der Waals surface area contributed by atoms with E-state index in [1.807, 2.05) is 6.92 Å². The van der Waals surface area contributed by atoms with E-state index in [4.69, 9.17) is 23.2 Å². The molecule has 0 saturated heterocycles. The third-order valence-electron chi connectivity index (χ3n) is 2.17. The van der Waals surface area contributed by atoms with Crippen molar-refractivity contribution in [1.29, 1.82) is 0 Å². The Morgan fingerprint density at radius 3 is 2.60 bits per heavy atom. The number of allylic oxidation sites excluding steroid dienone is 1. The van der Waals surface area contributed by atoms with E-state index in [1.165, 1.54) is 0 Å². The summed E-state index contributed by atoms with van der Waals surface area (Å²) in [5, 5.41) is 10.8. The first kappa shape index (κ1) is 12.6. The Balaban J connectivity index is 2.69. The minimum absolute atomic E-state index is 0.476. The van der Waals surface area contributed by atoms with Crippen LogP contribution in [0.4, 0.5) is 0 Å². The van der Waals surface area contributed by atoms with Gasteiger partial charge in [-0.25, -0.2) is 0 Å². The molecule has 82 valence electrons. The van der Waals surface area contributed by atoms with Gasteiger partial charge in [-0.2, -0.15) is 0 Å². The molecule has 0 amide bonds. The van der Waals surface area contributed by atoms with Crippen molar-refractivity contribution in [3.8, 4) is 0 Å². The second kappa shape index (κ2) is 5.55. The summed E-state index contributed by atoms with van der Waals surface area (Å²) < 4.78 is 0. The highest BCUT2D eigenvalue weighted by atomic mass is 35.5. The fourth-order valence-electron chi connectivity index (χ4n) is 1.27. The van der Waals surface area contributed by atoms with Crippen LogP contribution in [0.15, 0.2) is 30.4 Å². The molecule has 1 unspecified atom stereocenters. The summed E-state index contributed by atoms with van der Waals surface area (Å²) in [6.07, 6.45) is 0.964. The van der Waals surface area contributed by atoms with Crippen LogP contribution in [0.5, 0.6) is 0 Å². The average molecular weight is 245 g/mol. The number of aliphatic hydroxyl groups is 1. The molecule has 1 atom stereocenters. The molecule has 0 saturated carbocycles. The summed E-state index contributed by atoms with van der Waals surface area (Å²) in [6.45, 7) is 5.74. The zero-order valence-electron chi connectivity index (χ0n) is 8.63. The minimum atomic E-state index is -0.503. The van der Waals surface area contributed by atoms with Gasteiger partial charge in [-0.1, -0.05) is 34.8 Å². The van der Waals surface area contributed by atoms with E-state index in [1.54, 1.807) is 18.2 Å². The fraction of sp³-hybridized carbons (Fsp3) is 0.333. The second-order valence-corrected chi connectivity index (χ2v) is 4.50. The molecule has 0 aliphatic heterocycles. The predicted octanol–water partition coefficient (Wildman–Crippen LogP) is 4.38. The van der Waals surface area contributed by atoms with Crippen LogP contribution in [0.1, 0.15) is 31.4 Å². The van der Waals surface area contributed by atoms with Crippen molar-refractivity contribution in [3.63, 3.8) is 0 Å². The average Bonchev–Trinajstić information content (AvgIpc) is 2.18. The van der Waals surface area contributed by atoms with Gasteiger partial charge >= 0.3 is 0 Å². The quantitative estimate of drug-likeness (QED) is 0.780. The minimum Gasteiger partial charge on any atom is -0.388 e. The maximum absolute atomic E-state index is 9.84. The molecule has 1 nitrogen and oxygen atoms in total. The topological polar surface area (TPSA) is 20.2 Å². The van der Waals surface area contributed by atoms with E-state index >= 15 is 0 Å². The zero-order chi connectivity index (χ0) is 11.4. The van der Waals surface area contributed by atoms with Crippen molar-refractivity contribution in [3.05, 3.63) is 46.0 Å². The predicted molar refractivity (Wildman–Crippen MR) is 65.5 cm³/mol. The molecule has 15 heavy (non-hydrogen) atoms. The Kier molecular flexibility index (Phi) is 4.65. The second-order valence-electron chi connectivity index (χ2n) is 3.69. The molecule has 1 aromatic carbocycles. The van der Waals surface area contributed by atoms with Gasteiger partial charge in [0.15, 0.2) is 0 Å². The van der Waals surface area contributed by atoms with Crippen molar-refractivity contribution in [2.24, 2.45) is 0 Å². The van der Waals surface area contributed by atoms with Crippen LogP contribution in [0.2, 0.25) is 10.0 Å². The highest BCUT2D eigenvalue weighted by Gasteiger charge is 2.09. The van der Waals surface area contributed by atoms with E-state index in [0.29, 0.717) is 16.5 Å². The van der Waals surface area contributed by atoms with Gasteiger partial charge in [0.1, 0.15) is 0 Å². The van der Waals surface area contributed by atoms with Gasteiger partial charge in [0, 0.05) is 0 Å². The highest BCUT2D eigenvalue weighted by molar-refractivity contribution is 6.42. The Labute approximate surface area is 100 Å². The van der Waals surface area contributed by atoms with Crippen molar-refractivity contribution in [2.45, 2.75) is 25.9 Å². The van der Waals surface area contributed by atoms with E-state index in [2.05, 4.69) is 6.58 Å². The number of aliphatic hydroxyl groups excluding tert-OH is 1. The molecule has 0 aromatic heterocycles. The van der Waals surface area contributed by atoms with Gasteiger partial charge in [0.2, 0.25) is 0 Å². The largest absolute Gasteiger partial charge is 0.388 e. The highest BCUT2D eigenvalue weighted by Crippen LogP contribution is 2.27. The van der Waals surface area contributed by atoms with Crippen LogP contribution in [-0.4, -0.2) is 5.11 Å². The van der Waals surface area contributed by atoms with Crippen molar-refractivity contribution >= 4 is 23.2 Å². The first-order chi connectivity index (χ1) is 7.00. The van der Waals surface area contributed by atoms with Crippen LogP contribution in [0, 0.1) is 0 Å². The maximum atomic E-state index is 9.84. The van der Waals surface area contributed by atoms with Gasteiger partial charge in [-0.3, -0.25) is 0 Å². The molecule has 1 aromatic rings. The van der Waals surface area contributed by atoms with Gasteiger partial charge in [-0.15, -0.1) is 6.58 Å². The molecule has 0 aliphatic carbocycles.